The molecule has 1 aromatic carbocycles. The molecule has 3 N–H and O–H groups in total. The predicted molar refractivity (Wildman–Crippen MR) is 102 cm³/mol. The summed E-state index contributed by atoms with van der Waals surface area (Å²) >= 11 is 0. The van der Waals surface area contributed by atoms with Crippen LogP contribution in [-0.2, 0) is 15.0 Å². The molecule has 0 spiro atoms. The Hall–Kier alpha value is -2.28. The third kappa shape index (κ3) is 4.18. The minimum absolute atomic E-state index is 0.0184. The van der Waals surface area contributed by atoms with Crippen molar-refractivity contribution in [2.45, 2.75) is 32.1 Å². The Bertz CT molecular complexity index is 704. The lowest BCUT2D eigenvalue weighted by molar-refractivity contribution is -0.140. The zero-order valence-electron chi connectivity index (χ0n) is 16.1. The minimum atomic E-state index is -0.717. The van der Waals surface area contributed by atoms with Crippen molar-refractivity contribution in [2.24, 2.45) is 11.7 Å². The highest BCUT2D eigenvalue weighted by molar-refractivity contribution is 5.88. The lowest BCUT2D eigenvalue weighted by Gasteiger charge is -2.37. The lowest BCUT2D eigenvalue weighted by atomic mass is 9.82. The van der Waals surface area contributed by atoms with Crippen LogP contribution in [0.3, 0.4) is 0 Å². The molecule has 1 unspecified atom stereocenters. The number of carbonyl (C=O) groups excluding carboxylic acids is 2. The van der Waals surface area contributed by atoms with Gasteiger partial charge in [0, 0.05) is 26.2 Å². The summed E-state index contributed by atoms with van der Waals surface area (Å²) in [5, 5.41) is 2.83. The molecule has 1 fully saturated rings. The van der Waals surface area contributed by atoms with Gasteiger partial charge in [0.2, 0.25) is 11.8 Å². The van der Waals surface area contributed by atoms with Gasteiger partial charge >= 0.3 is 0 Å². The highest BCUT2D eigenvalue weighted by atomic mass is 16.6. The molecular weight excluding hydrogens is 346 g/mol. The van der Waals surface area contributed by atoms with Gasteiger partial charge in [-0.2, -0.15) is 0 Å². The minimum Gasteiger partial charge on any atom is -0.486 e. The van der Waals surface area contributed by atoms with Crippen LogP contribution in [0.1, 0.15) is 32.3 Å². The van der Waals surface area contributed by atoms with E-state index in [1.54, 1.807) is 0 Å². The van der Waals surface area contributed by atoms with Crippen molar-refractivity contribution in [1.82, 2.24) is 10.2 Å². The van der Waals surface area contributed by atoms with Crippen LogP contribution in [-0.4, -0.2) is 56.1 Å². The number of nitrogens with two attached hydrogens (primary N) is 1. The SMILES string of the molecule is CC(C)(C(=O)N1CCCC(C(=O)NCCN)C1)c1ccc2c(c1)OCCO2. The Morgan fingerprint density at radius 2 is 2.00 bits per heavy atom. The maximum atomic E-state index is 13.3. The molecule has 1 saturated heterocycles. The molecule has 148 valence electrons. The van der Waals surface area contributed by atoms with Gasteiger partial charge in [-0.3, -0.25) is 9.59 Å². The molecule has 7 heteroatoms. The Labute approximate surface area is 160 Å². The number of nitrogens with zero attached hydrogens (tertiary/aromatic N) is 1. The molecule has 27 heavy (non-hydrogen) atoms. The van der Waals surface area contributed by atoms with Crippen molar-refractivity contribution in [3.8, 4) is 11.5 Å². The van der Waals surface area contributed by atoms with Gasteiger partial charge in [-0.15, -0.1) is 0 Å². The maximum Gasteiger partial charge on any atom is 0.232 e. The molecule has 3 rings (SSSR count). The second kappa shape index (κ2) is 8.17. The van der Waals surface area contributed by atoms with E-state index in [9.17, 15) is 9.59 Å². The Balaban J connectivity index is 1.72. The predicted octanol–water partition coefficient (Wildman–Crippen LogP) is 1.05. The fourth-order valence-electron chi connectivity index (χ4n) is 3.67. The van der Waals surface area contributed by atoms with E-state index in [1.165, 1.54) is 0 Å². The normalized spacial score (nSPS) is 19.5. The number of piperidine rings is 1. The number of hydrogen-bond acceptors (Lipinski definition) is 5. The van der Waals surface area contributed by atoms with Gasteiger partial charge in [-0.25, -0.2) is 0 Å². The summed E-state index contributed by atoms with van der Waals surface area (Å²) in [6, 6.07) is 5.67. The molecular formula is C20H29N3O4. The number of carbonyl (C=O) groups is 2. The third-order valence-electron chi connectivity index (χ3n) is 5.32. The summed E-state index contributed by atoms with van der Waals surface area (Å²) in [6.45, 7) is 6.88. The van der Waals surface area contributed by atoms with Crippen LogP contribution in [0.4, 0.5) is 0 Å². The van der Waals surface area contributed by atoms with Crippen LogP contribution >= 0.6 is 0 Å². The number of likely N-dealkylation sites (tertiary alicyclic amines) is 1. The molecule has 2 aliphatic heterocycles. The topological polar surface area (TPSA) is 93.9 Å². The summed E-state index contributed by atoms with van der Waals surface area (Å²) in [4.78, 5) is 27.4. The van der Waals surface area contributed by atoms with Crippen LogP contribution in [0, 0.1) is 5.92 Å². The summed E-state index contributed by atoms with van der Waals surface area (Å²) in [5.74, 6) is 1.22. The second-order valence-corrected chi connectivity index (χ2v) is 7.65. The van der Waals surface area contributed by atoms with Gasteiger partial charge in [-0.05, 0) is 44.4 Å². The number of fused-ring (bicyclic) bond motifs is 1. The first kappa shape index (κ1) is 19.5. The molecule has 2 amide bonds. The van der Waals surface area contributed by atoms with E-state index < -0.39 is 5.41 Å². The number of nitrogens with one attached hydrogen (secondary N) is 1. The van der Waals surface area contributed by atoms with Crippen molar-refractivity contribution < 1.29 is 19.1 Å². The fourth-order valence-corrected chi connectivity index (χ4v) is 3.67. The van der Waals surface area contributed by atoms with E-state index in [0.29, 0.717) is 50.9 Å². The van der Waals surface area contributed by atoms with Crippen molar-refractivity contribution in [2.75, 3.05) is 39.4 Å². The van der Waals surface area contributed by atoms with E-state index >= 15 is 0 Å². The molecule has 2 heterocycles. The Morgan fingerprint density at radius 3 is 2.74 bits per heavy atom. The average molecular weight is 375 g/mol. The summed E-state index contributed by atoms with van der Waals surface area (Å²) in [7, 11) is 0. The first-order valence-electron chi connectivity index (χ1n) is 9.60. The second-order valence-electron chi connectivity index (χ2n) is 7.65. The molecule has 1 atom stereocenters. The third-order valence-corrected chi connectivity index (χ3v) is 5.32. The van der Waals surface area contributed by atoms with Crippen molar-refractivity contribution in [3.05, 3.63) is 23.8 Å². The number of ether oxygens (including phenoxy) is 2. The number of rotatable bonds is 5. The summed E-state index contributed by atoms with van der Waals surface area (Å²) in [6.07, 6.45) is 1.62. The quantitative estimate of drug-likeness (QED) is 0.802. The van der Waals surface area contributed by atoms with E-state index in [0.717, 1.165) is 18.4 Å². The zero-order valence-corrected chi connectivity index (χ0v) is 16.1. The summed E-state index contributed by atoms with van der Waals surface area (Å²) < 4.78 is 11.2. The standard InChI is InChI=1S/C20H29N3O4/c1-20(2,15-5-6-16-17(12-15)27-11-10-26-16)19(25)23-9-3-4-14(13-23)18(24)22-8-7-21/h5-6,12,14H,3-4,7-11,13,21H2,1-2H3,(H,22,24). The highest BCUT2D eigenvalue weighted by Gasteiger charge is 2.37. The van der Waals surface area contributed by atoms with Crippen LogP contribution in [0.5, 0.6) is 11.5 Å². The smallest absolute Gasteiger partial charge is 0.232 e. The molecule has 2 aliphatic rings. The van der Waals surface area contributed by atoms with Crippen molar-refractivity contribution in [1.29, 1.82) is 0 Å². The largest absolute Gasteiger partial charge is 0.486 e. The Kier molecular flexibility index (Phi) is 5.89. The van der Waals surface area contributed by atoms with E-state index in [2.05, 4.69) is 5.32 Å². The monoisotopic (exact) mass is 375 g/mol. The van der Waals surface area contributed by atoms with Gasteiger partial charge in [0.05, 0.1) is 11.3 Å². The molecule has 0 radical (unpaired) electrons. The van der Waals surface area contributed by atoms with Gasteiger partial charge in [0.25, 0.3) is 0 Å². The van der Waals surface area contributed by atoms with Crippen LogP contribution < -0.4 is 20.5 Å². The van der Waals surface area contributed by atoms with Crippen molar-refractivity contribution in [3.63, 3.8) is 0 Å². The van der Waals surface area contributed by atoms with Crippen LogP contribution in [0.15, 0.2) is 18.2 Å². The van der Waals surface area contributed by atoms with Gasteiger partial charge < -0.3 is 25.4 Å². The van der Waals surface area contributed by atoms with Crippen LogP contribution in [0.2, 0.25) is 0 Å². The lowest BCUT2D eigenvalue weighted by Crippen LogP contribution is -2.50. The van der Waals surface area contributed by atoms with Crippen molar-refractivity contribution >= 4 is 11.8 Å². The molecule has 0 aliphatic carbocycles. The van der Waals surface area contributed by atoms with E-state index in [-0.39, 0.29) is 17.7 Å². The average Bonchev–Trinajstić information content (AvgIpc) is 2.71. The number of amides is 2. The first-order valence-corrected chi connectivity index (χ1v) is 9.60. The summed E-state index contributed by atoms with van der Waals surface area (Å²) in [5.41, 5.74) is 5.62. The zero-order chi connectivity index (χ0) is 19.4. The van der Waals surface area contributed by atoms with Crippen LogP contribution in [0.25, 0.3) is 0 Å². The maximum absolute atomic E-state index is 13.3. The number of hydrogen-bond donors (Lipinski definition) is 2. The fraction of sp³-hybridized carbons (Fsp3) is 0.600. The van der Waals surface area contributed by atoms with E-state index in [1.807, 2.05) is 36.9 Å². The molecule has 1 aromatic rings. The molecule has 7 nitrogen and oxygen atoms in total. The molecule has 0 saturated carbocycles. The van der Waals surface area contributed by atoms with E-state index in [4.69, 9.17) is 15.2 Å². The highest BCUT2D eigenvalue weighted by Crippen LogP contribution is 2.36. The molecule has 0 bridgehead atoms. The van der Waals surface area contributed by atoms with Gasteiger partial charge in [-0.1, -0.05) is 6.07 Å². The van der Waals surface area contributed by atoms with Gasteiger partial charge in [0.15, 0.2) is 11.5 Å². The number of benzene rings is 1. The first-order chi connectivity index (χ1) is 12.9. The molecule has 0 aromatic heterocycles. The van der Waals surface area contributed by atoms with Gasteiger partial charge in [0.1, 0.15) is 13.2 Å². The Morgan fingerprint density at radius 1 is 1.26 bits per heavy atom.